The van der Waals surface area contributed by atoms with Gasteiger partial charge in [-0.25, -0.2) is 18.3 Å². The molecule has 210 valence electrons. The van der Waals surface area contributed by atoms with E-state index in [1.165, 1.54) is 35.3 Å². The average molecular weight is 591 g/mol. The number of fused-ring (bicyclic) bond motifs is 2. The molecule has 0 saturated heterocycles. The number of benzene rings is 3. The van der Waals surface area contributed by atoms with Crippen molar-refractivity contribution in [2.75, 3.05) is 16.8 Å². The van der Waals surface area contributed by atoms with Crippen LogP contribution in [0, 0.1) is 11.6 Å². The molecule has 0 fully saturated rings. The van der Waals surface area contributed by atoms with Crippen LogP contribution in [0.25, 0.3) is 5.69 Å². The summed E-state index contributed by atoms with van der Waals surface area (Å²) in [6.07, 6.45) is -2.41. The first-order chi connectivity index (χ1) is 19.4. The summed E-state index contributed by atoms with van der Waals surface area (Å²) in [4.78, 5) is 27.3. The second kappa shape index (κ2) is 9.24. The first kappa shape index (κ1) is 26.7. The number of carbonyl (C=O) groups excluding carboxylic acids is 2. The summed E-state index contributed by atoms with van der Waals surface area (Å²) in [5, 5.41) is 23.4. The van der Waals surface area contributed by atoms with Gasteiger partial charge in [-0.2, -0.15) is 13.2 Å². The van der Waals surface area contributed by atoms with Crippen molar-refractivity contribution in [1.29, 1.82) is 0 Å². The minimum Gasteiger partial charge on any atom is -0.375 e. The van der Waals surface area contributed by atoms with Gasteiger partial charge in [-0.05, 0) is 48.5 Å². The fourth-order valence-corrected chi connectivity index (χ4v) is 5.33. The lowest BCUT2D eigenvalue weighted by molar-refractivity contribution is -0.258. The number of nitrogens with one attached hydrogen (secondary N) is 2. The van der Waals surface area contributed by atoms with Crippen LogP contribution < -0.4 is 15.5 Å². The quantitative estimate of drug-likeness (QED) is 0.296. The summed E-state index contributed by atoms with van der Waals surface area (Å²) in [6.45, 7) is -1.25. The fourth-order valence-electron chi connectivity index (χ4n) is 5.11. The second-order valence-corrected chi connectivity index (χ2v) is 9.78. The zero-order chi connectivity index (χ0) is 29.3. The Kier molecular flexibility index (Phi) is 6.01. The van der Waals surface area contributed by atoms with Crippen LogP contribution in [-0.2, 0) is 5.60 Å². The largest absolute Gasteiger partial charge is 0.423 e. The lowest BCUT2D eigenvalue weighted by Gasteiger charge is -2.27. The lowest BCUT2D eigenvalue weighted by Crippen LogP contribution is -2.48. The molecule has 2 aliphatic heterocycles. The van der Waals surface area contributed by atoms with Crippen molar-refractivity contribution in [3.63, 3.8) is 0 Å². The number of hydrogen-bond donors (Lipinski definition) is 3. The van der Waals surface area contributed by atoms with Gasteiger partial charge in [0.15, 0.2) is 0 Å². The van der Waals surface area contributed by atoms with E-state index in [2.05, 4.69) is 20.9 Å². The van der Waals surface area contributed by atoms with Crippen LogP contribution in [0.1, 0.15) is 33.1 Å². The van der Waals surface area contributed by atoms with Crippen molar-refractivity contribution in [1.82, 2.24) is 20.3 Å². The van der Waals surface area contributed by atoms with Crippen LogP contribution in [0.2, 0.25) is 5.02 Å². The molecule has 3 amide bonds. The third-order valence-electron chi connectivity index (χ3n) is 6.99. The molecule has 3 heterocycles. The molecular formula is C26H16ClF5N6O3. The highest BCUT2D eigenvalue weighted by Crippen LogP contribution is 2.49. The van der Waals surface area contributed by atoms with Crippen molar-refractivity contribution in [3.05, 3.63) is 99.8 Å². The van der Waals surface area contributed by atoms with Crippen molar-refractivity contribution in [2.45, 2.75) is 17.8 Å². The van der Waals surface area contributed by atoms with Crippen molar-refractivity contribution in [2.24, 2.45) is 0 Å². The number of β-amino-alcohol motifs (C(OH)–C–C–N with tert-alkyl or cyclic N) is 1. The molecule has 15 heteroatoms. The maximum Gasteiger partial charge on any atom is 0.423 e. The molecule has 3 aromatic carbocycles. The smallest absolute Gasteiger partial charge is 0.375 e. The lowest BCUT2D eigenvalue weighted by atomic mass is 9.95. The molecule has 6 rings (SSSR count). The van der Waals surface area contributed by atoms with Gasteiger partial charge in [0.25, 0.3) is 5.91 Å². The van der Waals surface area contributed by atoms with E-state index >= 15 is 0 Å². The maximum absolute atomic E-state index is 14.2. The Labute approximate surface area is 232 Å². The zero-order valence-corrected chi connectivity index (χ0v) is 21.1. The van der Waals surface area contributed by atoms with Gasteiger partial charge in [0.05, 0.1) is 41.9 Å². The summed E-state index contributed by atoms with van der Waals surface area (Å²) in [5.41, 5.74) is -4.19. The van der Waals surface area contributed by atoms with E-state index in [1.54, 1.807) is 0 Å². The van der Waals surface area contributed by atoms with Gasteiger partial charge in [0, 0.05) is 27.4 Å². The number of alkyl halides is 3. The summed E-state index contributed by atoms with van der Waals surface area (Å²) < 4.78 is 71.1. The standard InChI is InChI=1S/C26H16ClF5N6O3/c27-16-3-1-12(28)9-14(16)22-20-17(4-6-19(21(20)23(39)35-22)38-8-7-33-36-38)34-24(40)37-11-25(41,26(30,31)32)15-10-13(29)2-5-18(15)37/h1-10,22,41H,11H2,(H,34,40)(H,35,39)/t22-,25+/m1/s1. The van der Waals surface area contributed by atoms with Gasteiger partial charge in [0.1, 0.15) is 11.6 Å². The van der Waals surface area contributed by atoms with Gasteiger partial charge < -0.3 is 15.7 Å². The molecule has 1 aromatic heterocycles. The third-order valence-corrected chi connectivity index (χ3v) is 7.33. The number of urea groups is 1. The summed E-state index contributed by atoms with van der Waals surface area (Å²) in [7, 11) is 0. The molecule has 0 radical (unpaired) electrons. The Morgan fingerprint density at radius 2 is 1.80 bits per heavy atom. The van der Waals surface area contributed by atoms with Gasteiger partial charge in [-0.15, -0.1) is 5.10 Å². The second-order valence-electron chi connectivity index (χ2n) is 9.38. The minimum atomic E-state index is -5.24. The Morgan fingerprint density at radius 1 is 1.10 bits per heavy atom. The topological polar surface area (TPSA) is 112 Å². The first-order valence-corrected chi connectivity index (χ1v) is 12.2. The van der Waals surface area contributed by atoms with Gasteiger partial charge in [-0.1, -0.05) is 16.8 Å². The third kappa shape index (κ3) is 4.17. The van der Waals surface area contributed by atoms with Gasteiger partial charge in [0.2, 0.25) is 5.60 Å². The number of anilines is 2. The molecule has 0 aliphatic carbocycles. The maximum atomic E-state index is 14.2. The van der Waals surface area contributed by atoms with Crippen molar-refractivity contribution < 1.29 is 36.6 Å². The number of hydrogen-bond acceptors (Lipinski definition) is 5. The molecule has 9 nitrogen and oxygen atoms in total. The van der Waals surface area contributed by atoms with Crippen LogP contribution in [-0.4, -0.2) is 44.8 Å². The van der Waals surface area contributed by atoms with Crippen LogP contribution >= 0.6 is 11.6 Å². The number of nitrogens with zero attached hydrogens (tertiary/aromatic N) is 4. The molecule has 4 aromatic rings. The van der Waals surface area contributed by atoms with Gasteiger partial charge >= 0.3 is 12.2 Å². The Balaban J connectivity index is 1.46. The first-order valence-electron chi connectivity index (χ1n) is 11.9. The Morgan fingerprint density at radius 3 is 2.51 bits per heavy atom. The van der Waals surface area contributed by atoms with Gasteiger partial charge in [-0.3, -0.25) is 9.69 Å². The minimum absolute atomic E-state index is 0.0225. The summed E-state index contributed by atoms with van der Waals surface area (Å²) in [6, 6.07) is 6.45. The highest BCUT2D eigenvalue weighted by Gasteiger charge is 2.61. The van der Waals surface area contributed by atoms with E-state index in [1.807, 2.05) is 0 Å². The van der Waals surface area contributed by atoms with E-state index in [0.717, 1.165) is 24.3 Å². The van der Waals surface area contributed by atoms with Crippen LogP contribution in [0.15, 0.2) is 60.9 Å². The fraction of sp³-hybridized carbons (Fsp3) is 0.154. The Bertz CT molecular complexity index is 1730. The average Bonchev–Trinajstić information content (AvgIpc) is 3.64. The van der Waals surface area contributed by atoms with Crippen LogP contribution in [0.4, 0.5) is 38.1 Å². The molecular weight excluding hydrogens is 575 g/mol. The SMILES string of the molecule is O=C1N[C@H](c2cc(F)ccc2Cl)c2c(NC(=O)N3C[C@@](O)(C(F)(F)F)c4cc(F)ccc43)ccc(-n3ccnn3)c21. The highest BCUT2D eigenvalue weighted by molar-refractivity contribution is 6.31. The molecule has 2 aliphatic rings. The monoisotopic (exact) mass is 590 g/mol. The number of halogens is 6. The molecule has 2 atom stereocenters. The molecule has 0 spiro atoms. The Hall–Kier alpha value is -4.56. The normalized spacial score (nSPS) is 19.6. The molecule has 3 N–H and O–H groups in total. The number of rotatable bonds is 3. The predicted molar refractivity (Wildman–Crippen MR) is 135 cm³/mol. The zero-order valence-electron chi connectivity index (χ0n) is 20.4. The van der Waals surface area contributed by atoms with E-state index in [0.29, 0.717) is 11.0 Å². The van der Waals surface area contributed by atoms with Crippen molar-refractivity contribution in [3.8, 4) is 5.69 Å². The van der Waals surface area contributed by atoms with E-state index < -0.39 is 53.5 Å². The van der Waals surface area contributed by atoms with Crippen LogP contribution in [0.3, 0.4) is 0 Å². The van der Waals surface area contributed by atoms with Crippen LogP contribution in [0.5, 0.6) is 0 Å². The summed E-state index contributed by atoms with van der Waals surface area (Å²) in [5.74, 6) is -2.31. The van der Waals surface area contributed by atoms with E-state index in [-0.39, 0.29) is 38.8 Å². The van der Waals surface area contributed by atoms with Crippen molar-refractivity contribution >= 4 is 34.9 Å². The summed E-state index contributed by atoms with van der Waals surface area (Å²) >= 11 is 6.33. The highest BCUT2D eigenvalue weighted by atomic mass is 35.5. The molecule has 41 heavy (non-hydrogen) atoms. The molecule has 0 bridgehead atoms. The number of aliphatic hydroxyl groups is 1. The van der Waals surface area contributed by atoms with E-state index in [9.17, 15) is 36.6 Å². The number of aromatic nitrogens is 3. The number of amides is 3. The predicted octanol–water partition coefficient (Wildman–Crippen LogP) is 4.83. The molecule has 0 unspecified atom stereocenters. The van der Waals surface area contributed by atoms with E-state index in [4.69, 9.17) is 11.6 Å². The number of carbonyl (C=O) groups is 2. The molecule has 0 saturated carbocycles.